The van der Waals surface area contributed by atoms with Gasteiger partial charge in [-0.15, -0.1) is 0 Å². The molecule has 1 aromatic carbocycles. The summed E-state index contributed by atoms with van der Waals surface area (Å²) in [6.07, 6.45) is 3.34. The zero-order valence-corrected chi connectivity index (χ0v) is 14.7. The van der Waals surface area contributed by atoms with Crippen LogP contribution in [0.3, 0.4) is 0 Å². The van der Waals surface area contributed by atoms with E-state index < -0.39 is 12.6 Å². The Labute approximate surface area is 158 Å². The van der Waals surface area contributed by atoms with Gasteiger partial charge in [-0.1, -0.05) is 11.6 Å². The van der Waals surface area contributed by atoms with Gasteiger partial charge in [0.15, 0.2) is 0 Å². The molecule has 2 aliphatic rings. The summed E-state index contributed by atoms with van der Waals surface area (Å²) < 4.78 is 42.9. The molecular formula is C18H15ClF3N3O2. The van der Waals surface area contributed by atoms with E-state index in [0.29, 0.717) is 17.7 Å². The minimum Gasteiger partial charge on any atom is -0.433 e. The number of hydrogen-bond donors (Lipinski definition) is 1. The fourth-order valence-corrected chi connectivity index (χ4v) is 4.11. The van der Waals surface area contributed by atoms with Crippen LogP contribution < -0.4 is 10.1 Å². The molecule has 5 nitrogen and oxygen atoms in total. The van der Waals surface area contributed by atoms with Gasteiger partial charge in [-0.3, -0.25) is 0 Å². The Balaban J connectivity index is 1.53. The first-order valence-electron chi connectivity index (χ1n) is 8.41. The van der Waals surface area contributed by atoms with E-state index in [0.717, 1.165) is 18.4 Å². The number of urea groups is 1. The number of nitrogens with zero attached hydrogens (tertiary/aromatic N) is 2. The van der Waals surface area contributed by atoms with E-state index in [1.165, 1.54) is 24.4 Å². The van der Waals surface area contributed by atoms with Crippen molar-refractivity contribution >= 4 is 23.3 Å². The summed E-state index contributed by atoms with van der Waals surface area (Å²) in [5, 5.41) is 2.70. The number of halogens is 4. The van der Waals surface area contributed by atoms with Crippen LogP contribution in [0.2, 0.25) is 5.02 Å². The van der Waals surface area contributed by atoms with E-state index in [-0.39, 0.29) is 28.9 Å². The average molecular weight is 398 g/mol. The van der Waals surface area contributed by atoms with E-state index in [2.05, 4.69) is 15.0 Å². The maximum atomic E-state index is 14.0. The van der Waals surface area contributed by atoms with E-state index >= 15 is 0 Å². The number of aromatic nitrogens is 1. The number of benzene rings is 1. The molecule has 0 saturated carbocycles. The van der Waals surface area contributed by atoms with Crippen molar-refractivity contribution in [3.8, 4) is 5.75 Å². The number of amides is 2. The minimum atomic E-state index is -2.98. The van der Waals surface area contributed by atoms with Gasteiger partial charge in [0, 0.05) is 23.5 Å². The van der Waals surface area contributed by atoms with Crippen LogP contribution in [0.4, 0.5) is 23.7 Å². The van der Waals surface area contributed by atoms with Crippen molar-refractivity contribution < 1.29 is 22.7 Å². The summed E-state index contributed by atoms with van der Waals surface area (Å²) in [5.74, 6) is -0.648. The predicted octanol–water partition coefficient (Wildman–Crippen LogP) is 4.77. The Kier molecular flexibility index (Phi) is 4.59. The van der Waals surface area contributed by atoms with Gasteiger partial charge in [-0.05, 0) is 49.1 Å². The maximum Gasteiger partial charge on any atom is 0.387 e. The Morgan fingerprint density at radius 2 is 2.15 bits per heavy atom. The minimum absolute atomic E-state index is 0.0341. The zero-order chi connectivity index (χ0) is 19.1. The smallest absolute Gasteiger partial charge is 0.387 e. The molecule has 0 radical (unpaired) electrons. The van der Waals surface area contributed by atoms with Crippen molar-refractivity contribution in [2.24, 2.45) is 0 Å². The lowest BCUT2D eigenvalue weighted by Gasteiger charge is -2.36. The molecule has 1 fully saturated rings. The molecule has 2 amide bonds. The second-order valence-corrected chi connectivity index (χ2v) is 6.89. The first-order chi connectivity index (χ1) is 12.9. The second-order valence-electron chi connectivity index (χ2n) is 6.48. The average Bonchev–Trinajstić information content (AvgIpc) is 2.93. The molecule has 0 spiro atoms. The van der Waals surface area contributed by atoms with E-state index in [1.54, 1.807) is 11.0 Å². The van der Waals surface area contributed by atoms with Gasteiger partial charge in [0.2, 0.25) is 5.95 Å². The molecule has 1 aromatic heterocycles. The van der Waals surface area contributed by atoms with E-state index in [4.69, 9.17) is 11.6 Å². The summed E-state index contributed by atoms with van der Waals surface area (Å²) >= 11 is 5.92. The maximum absolute atomic E-state index is 14.0. The number of fused-ring (bicyclic) bond motifs is 4. The molecule has 1 saturated heterocycles. The number of carbonyl (C=O) groups is 1. The molecule has 2 unspecified atom stereocenters. The summed E-state index contributed by atoms with van der Waals surface area (Å²) in [6.45, 7) is -2.98. The Hall–Kier alpha value is -2.48. The topological polar surface area (TPSA) is 54.5 Å². The number of carbonyl (C=O) groups excluding carboxylic acids is 1. The van der Waals surface area contributed by atoms with Gasteiger partial charge in [-0.25, -0.2) is 9.78 Å². The van der Waals surface area contributed by atoms with Crippen LogP contribution in [-0.4, -0.2) is 28.6 Å². The van der Waals surface area contributed by atoms with Crippen LogP contribution in [0.5, 0.6) is 5.75 Å². The third-order valence-corrected chi connectivity index (χ3v) is 5.27. The highest BCUT2D eigenvalue weighted by Crippen LogP contribution is 2.44. The van der Waals surface area contributed by atoms with E-state index in [9.17, 15) is 18.0 Å². The Bertz CT molecular complexity index is 896. The lowest BCUT2D eigenvalue weighted by atomic mass is 9.95. The van der Waals surface area contributed by atoms with Crippen molar-refractivity contribution in [3.63, 3.8) is 0 Å². The SMILES string of the molecule is O=C(Nc1ccc(OC(F)F)c(Cl)c1)N1C2CCC1c1ccnc(F)c1C2. The number of hydrogen-bond acceptors (Lipinski definition) is 3. The molecule has 3 heterocycles. The molecule has 2 aromatic rings. The van der Waals surface area contributed by atoms with Gasteiger partial charge in [0.1, 0.15) is 5.75 Å². The quantitative estimate of drug-likeness (QED) is 0.759. The fourth-order valence-electron chi connectivity index (χ4n) is 3.88. The first kappa shape index (κ1) is 17.9. The lowest BCUT2D eigenvalue weighted by molar-refractivity contribution is -0.0497. The highest BCUT2D eigenvalue weighted by molar-refractivity contribution is 6.32. The molecule has 1 N–H and O–H groups in total. The fraction of sp³-hybridized carbons (Fsp3) is 0.333. The summed E-state index contributed by atoms with van der Waals surface area (Å²) in [7, 11) is 0. The van der Waals surface area contributed by atoms with Crippen molar-refractivity contribution in [3.05, 3.63) is 52.6 Å². The Morgan fingerprint density at radius 1 is 1.33 bits per heavy atom. The molecule has 142 valence electrons. The highest BCUT2D eigenvalue weighted by atomic mass is 35.5. The van der Waals surface area contributed by atoms with Gasteiger partial charge in [0.25, 0.3) is 0 Å². The van der Waals surface area contributed by atoms with E-state index in [1.807, 2.05) is 0 Å². The Morgan fingerprint density at radius 3 is 2.89 bits per heavy atom. The summed E-state index contributed by atoms with van der Waals surface area (Å²) in [5.41, 5.74) is 1.72. The molecule has 0 aliphatic carbocycles. The monoisotopic (exact) mass is 397 g/mol. The third kappa shape index (κ3) is 3.29. The molecular weight excluding hydrogens is 383 g/mol. The first-order valence-corrected chi connectivity index (χ1v) is 8.79. The van der Waals surface area contributed by atoms with Gasteiger partial charge in [-0.2, -0.15) is 13.2 Å². The van der Waals surface area contributed by atoms with Crippen molar-refractivity contribution in [1.29, 1.82) is 0 Å². The number of alkyl halides is 2. The van der Waals surface area contributed by atoms with Crippen LogP contribution in [0, 0.1) is 5.95 Å². The van der Waals surface area contributed by atoms with Crippen molar-refractivity contribution in [2.75, 3.05) is 5.32 Å². The summed E-state index contributed by atoms with van der Waals surface area (Å²) in [4.78, 5) is 18.2. The van der Waals surface area contributed by atoms with Crippen LogP contribution in [0.25, 0.3) is 0 Å². The zero-order valence-electron chi connectivity index (χ0n) is 14.0. The number of nitrogens with one attached hydrogen (secondary N) is 1. The second kappa shape index (κ2) is 6.92. The van der Waals surface area contributed by atoms with Crippen molar-refractivity contribution in [1.82, 2.24) is 9.88 Å². The molecule has 4 rings (SSSR count). The molecule has 27 heavy (non-hydrogen) atoms. The van der Waals surface area contributed by atoms with Gasteiger partial charge in [0.05, 0.1) is 11.1 Å². The van der Waals surface area contributed by atoms with Crippen LogP contribution in [0.15, 0.2) is 30.5 Å². The predicted molar refractivity (Wildman–Crippen MR) is 92.6 cm³/mol. The molecule has 2 aliphatic heterocycles. The standard InChI is InChI=1S/C18H15ClF3N3O2/c19-13-7-9(1-4-15(13)27-17(21)22)24-18(26)25-10-2-3-14(25)11-5-6-23-16(20)12(11)8-10/h1,4-7,10,14,17H,2-3,8H2,(H,24,26). The number of pyridine rings is 1. The highest BCUT2D eigenvalue weighted by Gasteiger charge is 2.43. The normalized spacial score (nSPS) is 20.6. The number of rotatable bonds is 3. The van der Waals surface area contributed by atoms with Gasteiger partial charge >= 0.3 is 12.6 Å². The largest absolute Gasteiger partial charge is 0.433 e. The van der Waals surface area contributed by atoms with Crippen LogP contribution in [-0.2, 0) is 6.42 Å². The molecule has 2 atom stereocenters. The molecule has 9 heteroatoms. The van der Waals surface area contributed by atoms with Gasteiger partial charge < -0.3 is 15.0 Å². The third-order valence-electron chi connectivity index (χ3n) is 4.97. The van der Waals surface area contributed by atoms with Crippen molar-refractivity contribution in [2.45, 2.75) is 38.0 Å². The number of anilines is 1. The number of ether oxygens (including phenoxy) is 1. The molecule has 2 bridgehead atoms. The van der Waals surface area contributed by atoms with Crippen LogP contribution in [0.1, 0.15) is 30.0 Å². The van der Waals surface area contributed by atoms with Crippen LogP contribution >= 0.6 is 11.6 Å². The summed E-state index contributed by atoms with van der Waals surface area (Å²) in [6, 6.07) is 5.13. The lowest BCUT2D eigenvalue weighted by Crippen LogP contribution is -2.44.